The molecule has 1 amide bonds. The third kappa shape index (κ3) is 6.98. The fraction of sp³-hybridized carbons (Fsp3) is 0.229. The van der Waals surface area contributed by atoms with Crippen LogP contribution in [0.15, 0.2) is 85.3 Å². The number of hydrogen-bond acceptors (Lipinski definition) is 10. The Hall–Kier alpha value is -5.59. The monoisotopic (exact) mass is 630 g/mol. The van der Waals surface area contributed by atoms with Crippen LogP contribution in [-0.4, -0.2) is 82.5 Å². The molecule has 4 heterocycles. The molecule has 0 spiro atoms. The Bertz CT molecular complexity index is 2010. The van der Waals surface area contributed by atoms with Gasteiger partial charge in [0, 0.05) is 71.4 Å². The molecule has 12 nitrogen and oxygen atoms in total. The Morgan fingerprint density at radius 3 is 2.70 bits per heavy atom. The minimum atomic E-state index is -0.233. The molecule has 7 rings (SSSR count). The number of morpholine rings is 1. The van der Waals surface area contributed by atoms with Crippen molar-refractivity contribution in [2.24, 2.45) is 0 Å². The number of benzene rings is 3. The van der Waals surface area contributed by atoms with E-state index < -0.39 is 0 Å². The molecule has 0 radical (unpaired) electrons. The highest BCUT2D eigenvalue weighted by atomic mass is 16.5. The molecule has 3 aromatic heterocycles. The van der Waals surface area contributed by atoms with Crippen molar-refractivity contribution in [1.29, 1.82) is 0 Å². The topological polar surface area (TPSA) is 139 Å². The van der Waals surface area contributed by atoms with Gasteiger partial charge in [-0.3, -0.25) is 19.8 Å². The highest BCUT2D eigenvalue weighted by Gasteiger charge is 2.17. The smallest absolute Gasteiger partial charge is 0.255 e. The molecule has 47 heavy (non-hydrogen) atoms. The van der Waals surface area contributed by atoms with Gasteiger partial charge in [0.25, 0.3) is 5.91 Å². The van der Waals surface area contributed by atoms with E-state index in [-0.39, 0.29) is 5.91 Å². The maximum atomic E-state index is 12.8. The standard InChI is InChI=1S/C35H34N8O4/c1-45-31-21-30-28(20-32(31)47-15-3-12-43-13-16-46-17-14-43)34(38-27-6-7-29-25(19-27)22-37-42-29)41-33(40-30)24-4-2-5-26(18-24)39-35(44)23-8-10-36-11-9-23/h2,4-11,18-22H,3,12-17H2,1H3,(H,37,42)(H,39,44)(H,38,40,41). The van der Waals surface area contributed by atoms with Crippen LogP contribution in [0.4, 0.5) is 17.2 Å². The molecule has 1 aliphatic rings. The summed E-state index contributed by atoms with van der Waals surface area (Å²) in [5, 5.41) is 15.3. The van der Waals surface area contributed by atoms with E-state index in [0.717, 1.165) is 66.8 Å². The molecule has 0 bridgehead atoms. The number of aromatic amines is 1. The van der Waals surface area contributed by atoms with Crippen LogP contribution in [0.1, 0.15) is 16.8 Å². The first-order valence-corrected chi connectivity index (χ1v) is 15.5. The summed E-state index contributed by atoms with van der Waals surface area (Å²) < 4.78 is 17.5. The average molecular weight is 631 g/mol. The zero-order valence-electron chi connectivity index (χ0n) is 25.9. The number of carbonyl (C=O) groups excluding carboxylic acids is 1. The van der Waals surface area contributed by atoms with Crippen LogP contribution in [0.5, 0.6) is 11.5 Å². The molecule has 1 fully saturated rings. The minimum Gasteiger partial charge on any atom is -0.493 e. The van der Waals surface area contributed by atoms with Gasteiger partial charge in [-0.05, 0) is 55.0 Å². The predicted molar refractivity (Wildman–Crippen MR) is 180 cm³/mol. The highest BCUT2D eigenvalue weighted by Crippen LogP contribution is 2.37. The Balaban J connectivity index is 1.21. The molecular formula is C35H34N8O4. The lowest BCUT2D eigenvalue weighted by atomic mass is 10.1. The molecule has 3 aromatic carbocycles. The number of fused-ring (bicyclic) bond motifs is 2. The average Bonchev–Trinajstić information content (AvgIpc) is 3.59. The SMILES string of the molecule is COc1cc2nc(-c3cccc(NC(=O)c4ccncc4)c3)nc(Nc3ccc4[nH]ncc4c3)c2cc1OCCCN1CCOCC1. The number of nitrogens with one attached hydrogen (secondary N) is 3. The van der Waals surface area contributed by atoms with E-state index in [2.05, 4.69) is 30.7 Å². The maximum Gasteiger partial charge on any atom is 0.255 e. The van der Waals surface area contributed by atoms with Crippen molar-refractivity contribution in [3.05, 3.63) is 90.9 Å². The van der Waals surface area contributed by atoms with Gasteiger partial charge in [0.15, 0.2) is 17.3 Å². The number of H-pyrrole nitrogens is 1. The fourth-order valence-corrected chi connectivity index (χ4v) is 5.53. The van der Waals surface area contributed by atoms with Crippen LogP contribution >= 0.6 is 0 Å². The summed E-state index contributed by atoms with van der Waals surface area (Å²) in [6.45, 7) is 4.91. The quantitative estimate of drug-likeness (QED) is 0.153. The fourth-order valence-electron chi connectivity index (χ4n) is 5.53. The predicted octanol–water partition coefficient (Wildman–Crippen LogP) is 5.67. The summed E-state index contributed by atoms with van der Waals surface area (Å²) in [6, 6.07) is 20.5. The van der Waals surface area contributed by atoms with E-state index in [1.807, 2.05) is 54.6 Å². The van der Waals surface area contributed by atoms with E-state index >= 15 is 0 Å². The van der Waals surface area contributed by atoms with Crippen LogP contribution < -0.4 is 20.1 Å². The number of rotatable bonds is 11. The second kappa shape index (κ2) is 13.8. The van der Waals surface area contributed by atoms with Crippen molar-refractivity contribution >= 4 is 44.9 Å². The van der Waals surface area contributed by atoms with Gasteiger partial charge < -0.3 is 24.8 Å². The van der Waals surface area contributed by atoms with Gasteiger partial charge in [0.2, 0.25) is 0 Å². The second-order valence-electron chi connectivity index (χ2n) is 11.1. The van der Waals surface area contributed by atoms with Crippen LogP contribution in [0.25, 0.3) is 33.2 Å². The number of ether oxygens (including phenoxy) is 3. The zero-order valence-corrected chi connectivity index (χ0v) is 25.9. The van der Waals surface area contributed by atoms with Gasteiger partial charge >= 0.3 is 0 Å². The molecule has 1 saturated heterocycles. The number of anilines is 3. The lowest BCUT2D eigenvalue weighted by Crippen LogP contribution is -2.37. The second-order valence-corrected chi connectivity index (χ2v) is 11.1. The third-order valence-electron chi connectivity index (χ3n) is 7.99. The van der Waals surface area contributed by atoms with Gasteiger partial charge in [0.1, 0.15) is 5.82 Å². The van der Waals surface area contributed by atoms with Gasteiger partial charge in [0.05, 0.1) is 44.2 Å². The summed E-state index contributed by atoms with van der Waals surface area (Å²) in [6.07, 6.45) is 5.83. The molecule has 0 atom stereocenters. The van der Waals surface area contributed by atoms with Crippen molar-refractivity contribution in [1.82, 2.24) is 30.0 Å². The van der Waals surface area contributed by atoms with Crippen molar-refractivity contribution in [3.8, 4) is 22.9 Å². The molecule has 238 valence electrons. The number of pyridine rings is 1. The molecule has 12 heteroatoms. The van der Waals surface area contributed by atoms with E-state index in [9.17, 15) is 4.79 Å². The lowest BCUT2D eigenvalue weighted by molar-refractivity contribution is 0.0357. The van der Waals surface area contributed by atoms with Crippen molar-refractivity contribution in [3.63, 3.8) is 0 Å². The molecule has 0 unspecified atom stereocenters. The Morgan fingerprint density at radius 2 is 1.85 bits per heavy atom. The van der Waals surface area contributed by atoms with E-state index in [1.54, 1.807) is 37.8 Å². The highest BCUT2D eigenvalue weighted by molar-refractivity contribution is 6.04. The number of hydrogen-bond donors (Lipinski definition) is 3. The van der Waals surface area contributed by atoms with E-state index in [0.29, 0.717) is 46.5 Å². The number of nitrogens with zero attached hydrogens (tertiary/aromatic N) is 5. The van der Waals surface area contributed by atoms with E-state index in [4.69, 9.17) is 24.2 Å². The summed E-state index contributed by atoms with van der Waals surface area (Å²) in [4.78, 5) is 29.1. The normalized spacial score (nSPS) is 13.5. The van der Waals surface area contributed by atoms with Crippen molar-refractivity contribution < 1.29 is 19.0 Å². The summed E-state index contributed by atoms with van der Waals surface area (Å²) in [5.74, 6) is 2.04. The summed E-state index contributed by atoms with van der Waals surface area (Å²) >= 11 is 0. The maximum absolute atomic E-state index is 12.8. The molecule has 1 aliphatic heterocycles. The minimum absolute atomic E-state index is 0.233. The zero-order chi connectivity index (χ0) is 32.0. The summed E-state index contributed by atoms with van der Waals surface area (Å²) in [5.41, 5.74) is 4.31. The number of aromatic nitrogens is 5. The molecule has 0 aliphatic carbocycles. The van der Waals surface area contributed by atoms with Crippen LogP contribution in [0, 0.1) is 0 Å². The molecule has 6 aromatic rings. The Morgan fingerprint density at radius 1 is 0.979 bits per heavy atom. The van der Waals surface area contributed by atoms with Gasteiger partial charge in [-0.1, -0.05) is 12.1 Å². The van der Waals surface area contributed by atoms with Crippen LogP contribution in [0.3, 0.4) is 0 Å². The number of amides is 1. The van der Waals surface area contributed by atoms with Crippen molar-refractivity contribution in [2.45, 2.75) is 6.42 Å². The number of methoxy groups -OCH3 is 1. The third-order valence-corrected chi connectivity index (χ3v) is 7.99. The van der Waals surface area contributed by atoms with Gasteiger partial charge in [-0.25, -0.2) is 9.97 Å². The summed E-state index contributed by atoms with van der Waals surface area (Å²) in [7, 11) is 1.62. The first-order valence-electron chi connectivity index (χ1n) is 15.5. The first kappa shape index (κ1) is 30.1. The van der Waals surface area contributed by atoms with Crippen LogP contribution in [0.2, 0.25) is 0 Å². The Labute approximate surface area is 271 Å². The van der Waals surface area contributed by atoms with E-state index in [1.165, 1.54) is 0 Å². The molecular weight excluding hydrogens is 596 g/mol. The molecule has 0 saturated carbocycles. The van der Waals surface area contributed by atoms with Gasteiger partial charge in [-0.2, -0.15) is 5.10 Å². The van der Waals surface area contributed by atoms with Crippen molar-refractivity contribution in [2.75, 3.05) is 57.2 Å². The Kier molecular flexibility index (Phi) is 8.84. The number of carbonyl (C=O) groups is 1. The lowest BCUT2D eigenvalue weighted by Gasteiger charge is -2.26. The first-order chi connectivity index (χ1) is 23.1. The van der Waals surface area contributed by atoms with Gasteiger partial charge in [-0.15, -0.1) is 0 Å². The van der Waals surface area contributed by atoms with Crippen LogP contribution in [-0.2, 0) is 4.74 Å². The molecule has 3 N–H and O–H groups in total. The largest absolute Gasteiger partial charge is 0.493 e.